The van der Waals surface area contributed by atoms with Crippen LogP contribution in [0, 0.1) is 71.5 Å². The van der Waals surface area contributed by atoms with Crippen LogP contribution in [0.1, 0.15) is 155 Å². The molecule has 7 amide bonds. The summed E-state index contributed by atoms with van der Waals surface area (Å²) in [4.78, 5) is 110. The Bertz CT molecular complexity index is 4060. The van der Waals surface area contributed by atoms with E-state index in [0.717, 1.165) is 16.0 Å². The third-order valence-electron chi connectivity index (χ3n) is 22.8. The van der Waals surface area contributed by atoms with Crippen LogP contribution < -0.4 is 49.3 Å². The van der Waals surface area contributed by atoms with E-state index >= 15 is 0 Å². The second-order valence-electron chi connectivity index (χ2n) is 29.9. The molecule has 6 aliphatic rings. The maximum absolute atomic E-state index is 14.4. The van der Waals surface area contributed by atoms with Gasteiger partial charge in [0.25, 0.3) is 0 Å². The van der Waals surface area contributed by atoms with Gasteiger partial charge in [-0.25, -0.2) is 20.9 Å². The number of nitrogens with one attached hydrogen (secondary N) is 1. The largest absolute Gasteiger partial charge is 0.685 e. The van der Waals surface area contributed by atoms with E-state index in [1.807, 2.05) is 112 Å². The second kappa shape index (κ2) is 31.3. The molecule has 18 atom stereocenters. The van der Waals surface area contributed by atoms with Gasteiger partial charge in [-0.2, -0.15) is 17.1 Å². The number of aromatic nitrogens is 2. The summed E-state index contributed by atoms with van der Waals surface area (Å²) in [6, 6.07) is 10.6. The molecular weight excluding hydrogens is 1390 g/mol. The van der Waals surface area contributed by atoms with Crippen LogP contribution in [-0.4, -0.2) is 124 Å². The average Bonchev–Trinajstić information content (AvgIpc) is 1.53. The molecule has 27 nitrogen and oxygen atoms in total. The summed E-state index contributed by atoms with van der Waals surface area (Å²) in [6.07, 6.45) is 2.95. The molecule has 2 aromatic heterocycles. The zero-order valence-corrected chi connectivity index (χ0v) is 62.3. The van der Waals surface area contributed by atoms with Crippen molar-refractivity contribution in [3.8, 4) is 5.92 Å². The van der Waals surface area contributed by atoms with Gasteiger partial charge in [-0.3, -0.25) is 48.5 Å². The number of carbonyl (C=O) groups excluding carboxylic acids is 7. The number of aryl methyl sites for hydroxylation is 2. The van der Waals surface area contributed by atoms with Crippen molar-refractivity contribution in [3.63, 3.8) is 0 Å². The number of benzene rings is 2. The monoisotopic (exact) mass is 1490 g/mol. The van der Waals surface area contributed by atoms with Gasteiger partial charge in [-0.1, -0.05) is 64.6 Å². The summed E-state index contributed by atoms with van der Waals surface area (Å²) < 4.78 is 33.5. The Balaban J connectivity index is 0.000000995. The minimum Gasteiger partial charge on any atom is -0.685 e. The molecule has 6 aliphatic heterocycles. The van der Waals surface area contributed by atoms with Crippen molar-refractivity contribution >= 4 is 81.6 Å². The molecule has 2 aromatic carbocycles. The number of nitrogens with two attached hydrogens (primary N) is 6. The van der Waals surface area contributed by atoms with Gasteiger partial charge in [0.2, 0.25) is 41.4 Å². The molecule has 1 radical (unpaired) electrons. The number of rotatable bonds is 26. The smallest absolute Gasteiger partial charge is 0.472 e. The summed E-state index contributed by atoms with van der Waals surface area (Å²) in [6.45, 7) is 19.5. The number of hydrogen-bond donors (Lipinski definition) is 10. The van der Waals surface area contributed by atoms with Crippen molar-refractivity contribution in [2.24, 2.45) is 79.7 Å². The number of ether oxygens (including phenoxy) is 1. The van der Waals surface area contributed by atoms with Crippen LogP contribution in [0.25, 0.3) is 42.4 Å². The standard InChI is InChI=1S/C62H92N13O14P.C10H5S.Co/c1-29-20-39-40(21-30(29)2)75(28-70-39)57-52(84)53(41(27-76)87-57)89-90(85,86)88-31(3)26-69-49(83)18-19-59(8)37(22-46(66)80)56-62(11)61(10,25-48(68)82)36(14-17-45(65)79)51(74-62)33(5)55-60(9,24-47(67)81)34(12-15-43(63)77)38(71-55)23-42-58(6,7)35(13-16-44(64)78)50(72-42)32(4)54(59)73-56;1-2-9-7-8-5-3-4-6-10(8)11-9;/h20-21,23,28,31,34-37,41-42,50-53,56-57,76,84H,12-19,22,24-27H2,1-11H3,(H14,63,64,65,66,67,68,69,77,78,79,80,81,82,83,85,86);3-7H;/q-4;-1;/b38-23-,54-32-,55-33-;;/t31-,34-,35-,36-,37+,41-,42?,50+,51?,52-,53-,56-,57+,59-,60+,61+,62+;;/m1../s1. The maximum atomic E-state index is 14.4. The third-order valence-corrected chi connectivity index (χ3v) is 24.9. The fourth-order valence-corrected chi connectivity index (χ4v) is 19.1. The van der Waals surface area contributed by atoms with Crippen molar-refractivity contribution in [1.29, 1.82) is 0 Å². The van der Waals surface area contributed by atoms with E-state index in [2.05, 4.69) is 22.3 Å². The average molecular weight is 1490 g/mol. The minimum atomic E-state index is -5.06. The number of phosphoric ester groups is 1. The molecule has 5 saturated heterocycles. The van der Waals surface area contributed by atoms with Crippen molar-refractivity contribution in [2.45, 2.75) is 207 Å². The topological polar surface area (TPSA) is 467 Å². The number of hydrogen-bond acceptors (Lipinski definition) is 14. The number of nitrogens with zero attached hydrogens (tertiary/aromatic N) is 6. The van der Waals surface area contributed by atoms with Crippen molar-refractivity contribution in [1.82, 2.24) is 10.3 Å². The van der Waals surface area contributed by atoms with E-state index in [0.29, 0.717) is 39.3 Å². The number of phosphoric acid groups is 1. The first-order chi connectivity index (χ1) is 47.2. The number of carbonyl (C=O) groups is 7. The summed E-state index contributed by atoms with van der Waals surface area (Å²) in [5.74, 6) is -4.53. The van der Waals surface area contributed by atoms with E-state index < -0.39 is 161 Å². The van der Waals surface area contributed by atoms with Gasteiger partial charge in [0.1, 0.15) is 18.3 Å². The third kappa shape index (κ3) is 16.1. The van der Waals surface area contributed by atoms with Gasteiger partial charge in [-0.05, 0) is 140 Å². The molecule has 16 N–H and O–H groups in total. The molecule has 0 saturated carbocycles. The number of allylic oxidation sites excluding steroid dienone is 3. The Morgan fingerprint density at radius 3 is 2.02 bits per heavy atom. The molecule has 102 heavy (non-hydrogen) atoms. The number of imidazole rings is 1. The van der Waals surface area contributed by atoms with Gasteiger partial charge in [0.05, 0.1) is 30.1 Å². The molecule has 3 unspecified atom stereocenters. The Morgan fingerprint density at radius 1 is 0.794 bits per heavy atom. The summed E-state index contributed by atoms with van der Waals surface area (Å²) >= 11 is 1.60. The zero-order chi connectivity index (χ0) is 74.4. The van der Waals surface area contributed by atoms with E-state index in [-0.39, 0.29) is 94.0 Å². The number of amides is 7. The van der Waals surface area contributed by atoms with Gasteiger partial charge in [0.15, 0.2) is 6.23 Å². The van der Waals surface area contributed by atoms with Crippen LogP contribution in [0.5, 0.6) is 0 Å². The summed E-state index contributed by atoms with van der Waals surface area (Å²) in [7, 11) is -5.06. The predicted octanol–water partition coefficient (Wildman–Crippen LogP) is 6.74. The fraction of sp³-hybridized carbons (Fsp3) is 0.583. The first-order valence-corrected chi connectivity index (χ1v) is 36.5. The Kier molecular flexibility index (Phi) is 24.8. The Morgan fingerprint density at radius 2 is 1.41 bits per heavy atom. The van der Waals surface area contributed by atoms with Crippen LogP contribution in [0.15, 0.2) is 83.1 Å². The molecule has 30 heteroatoms. The van der Waals surface area contributed by atoms with Crippen LogP contribution in [-0.2, 0) is 68.7 Å². The van der Waals surface area contributed by atoms with E-state index in [1.165, 1.54) is 23.3 Å². The molecular formula is C72H97CoN13O14PS-5. The quantitative estimate of drug-likeness (QED) is 0.0135. The first kappa shape index (κ1) is 80.6. The Labute approximate surface area is 609 Å². The van der Waals surface area contributed by atoms with Crippen LogP contribution in [0.3, 0.4) is 0 Å². The molecule has 8 bridgehead atoms. The first-order valence-electron chi connectivity index (χ1n) is 34.2. The van der Waals surface area contributed by atoms with Crippen LogP contribution in [0.4, 0.5) is 0 Å². The number of primary amides is 6. The molecule has 4 aromatic rings. The summed E-state index contributed by atoms with van der Waals surface area (Å²) in [5, 5.41) is 48.2. The van der Waals surface area contributed by atoms with Crippen LogP contribution >= 0.6 is 19.2 Å². The van der Waals surface area contributed by atoms with Crippen molar-refractivity contribution < 1.29 is 88.4 Å². The van der Waals surface area contributed by atoms with Gasteiger partial charge in [0, 0.05) is 73.0 Å². The van der Waals surface area contributed by atoms with Gasteiger partial charge in [-0.15, -0.1) is 53.0 Å². The van der Waals surface area contributed by atoms with E-state index in [9.17, 15) is 53.2 Å². The van der Waals surface area contributed by atoms with Gasteiger partial charge < -0.3 is 91.8 Å². The van der Waals surface area contributed by atoms with E-state index in [4.69, 9.17) is 75.9 Å². The summed E-state index contributed by atoms with van der Waals surface area (Å²) in [5.41, 5.74) is 36.2. The Hall–Kier alpha value is -7.04. The van der Waals surface area contributed by atoms with Gasteiger partial charge >= 0.3 is 7.82 Å². The van der Waals surface area contributed by atoms with Crippen molar-refractivity contribution in [2.75, 3.05) is 13.2 Å². The molecule has 559 valence electrons. The SMILES string of the molecule is C/C1=C2/[N-]/C(=C\C3[N-][C@@H](/C(C)=C4\[N-][C@H]([C@H](CC(N)=O)[C@@]4(C)CCC(=O)NC[C@@H](C)OP(=O)(O)O[C@H]4[C@@H](O)[C@@H]([n+]5c[n-]c6cc(C)c(C)cc65)O[C@@H]4CO)[C@]4(C)[N-]C1[C@@H](CCC(N)=O)[C@]4(C)CC(N)=O)[C@@H](CCC(N)=O)C3(C)C)[C@@H](CCC(N)=O)[C@]2(C)CC(N)=O.[C-]#Cc1cc2ccccc2s1.[Co]. The number of aliphatic hydroxyl groups is 2. The molecule has 0 aliphatic carbocycles. The number of fused-ring (bicyclic) bond motifs is 11. The molecule has 5 fully saturated rings. The van der Waals surface area contributed by atoms with E-state index in [1.54, 1.807) is 15.9 Å². The minimum absolute atomic E-state index is 0. The van der Waals surface area contributed by atoms with Crippen molar-refractivity contribution in [3.05, 3.63) is 127 Å². The number of aliphatic hydroxyl groups excluding tert-OH is 2. The van der Waals surface area contributed by atoms with Crippen LogP contribution in [0.2, 0.25) is 0 Å². The number of thiophene rings is 1. The fourth-order valence-electron chi connectivity index (χ4n) is 17.1. The molecule has 0 spiro atoms. The normalized spacial score (nSPS) is 33.5. The molecule has 10 rings (SSSR count). The zero-order valence-electron chi connectivity index (χ0n) is 59.6. The maximum Gasteiger partial charge on any atom is 0.472 e. The predicted molar refractivity (Wildman–Crippen MR) is 379 cm³/mol. The second-order valence-corrected chi connectivity index (χ2v) is 32.3. The molecule has 8 heterocycles.